The van der Waals surface area contributed by atoms with E-state index >= 15 is 0 Å². The molecule has 1 heterocycles. The molecule has 0 aliphatic carbocycles. The number of carbonyl (C=O) groups is 2. The van der Waals surface area contributed by atoms with Crippen molar-refractivity contribution in [3.8, 4) is 0 Å². The molecule has 1 fully saturated rings. The molecule has 0 aromatic heterocycles. The van der Waals surface area contributed by atoms with E-state index in [0.29, 0.717) is 23.5 Å². The Kier molecular flexibility index (Phi) is 5.16. The van der Waals surface area contributed by atoms with Gasteiger partial charge in [0.05, 0.1) is 5.56 Å². The monoisotopic (exact) mass is 320 g/mol. The molecule has 0 radical (unpaired) electrons. The van der Waals surface area contributed by atoms with Crippen LogP contribution in [-0.2, 0) is 4.79 Å². The molecule has 1 aliphatic heterocycles. The highest BCUT2D eigenvalue weighted by Gasteiger charge is 2.30. The van der Waals surface area contributed by atoms with Crippen LogP contribution in [0.1, 0.15) is 44.0 Å². The summed E-state index contributed by atoms with van der Waals surface area (Å²) in [6.07, 6.45) is 1.59. The first kappa shape index (κ1) is 16.9. The number of rotatable bonds is 2. The zero-order valence-corrected chi connectivity index (χ0v) is 14.3. The molecular formula is C17H24N2O2S. The van der Waals surface area contributed by atoms with Gasteiger partial charge in [-0.3, -0.25) is 9.59 Å². The molecule has 1 aliphatic rings. The van der Waals surface area contributed by atoms with Gasteiger partial charge in [-0.1, -0.05) is 32.9 Å². The second-order valence-electron chi connectivity index (χ2n) is 6.81. The number of hydrogen-bond acceptors (Lipinski definition) is 3. The average Bonchev–Trinajstić information content (AvgIpc) is 2.46. The van der Waals surface area contributed by atoms with E-state index in [2.05, 4.69) is 17.9 Å². The van der Waals surface area contributed by atoms with E-state index in [9.17, 15) is 9.59 Å². The van der Waals surface area contributed by atoms with Crippen LogP contribution in [0.2, 0.25) is 0 Å². The summed E-state index contributed by atoms with van der Waals surface area (Å²) in [5.74, 6) is 0.0872. The van der Waals surface area contributed by atoms with Crippen molar-refractivity contribution in [3.05, 3.63) is 29.8 Å². The lowest BCUT2D eigenvalue weighted by Crippen LogP contribution is -2.49. The molecule has 1 aromatic carbocycles. The normalized spacial score (nSPS) is 16.5. The largest absolute Gasteiger partial charge is 0.349 e. The van der Waals surface area contributed by atoms with Gasteiger partial charge in [0.1, 0.15) is 0 Å². The van der Waals surface area contributed by atoms with E-state index in [0.717, 1.165) is 12.8 Å². The number of nitrogens with zero attached hydrogens (tertiary/aromatic N) is 1. The van der Waals surface area contributed by atoms with E-state index in [1.54, 1.807) is 6.07 Å². The van der Waals surface area contributed by atoms with Gasteiger partial charge in [0, 0.05) is 29.4 Å². The van der Waals surface area contributed by atoms with Crippen molar-refractivity contribution in [2.45, 2.75) is 44.6 Å². The highest BCUT2D eigenvalue weighted by molar-refractivity contribution is 7.80. The van der Waals surface area contributed by atoms with E-state index in [1.165, 1.54) is 0 Å². The van der Waals surface area contributed by atoms with Crippen molar-refractivity contribution >= 4 is 24.4 Å². The van der Waals surface area contributed by atoms with Gasteiger partial charge in [-0.25, -0.2) is 0 Å². The molecule has 1 aromatic rings. The Morgan fingerprint density at radius 1 is 1.18 bits per heavy atom. The first-order valence-corrected chi connectivity index (χ1v) is 8.12. The first-order valence-electron chi connectivity index (χ1n) is 7.67. The van der Waals surface area contributed by atoms with Crippen LogP contribution in [0.4, 0.5) is 0 Å². The highest BCUT2D eigenvalue weighted by Crippen LogP contribution is 2.21. The Labute approximate surface area is 137 Å². The third-order valence-corrected chi connectivity index (χ3v) is 4.30. The van der Waals surface area contributed by atoms with Crippen molar-refractivity contribution < 1.29 is 9.59 Å². The number of hydrogen-bond donors (Lipinski definition) is 2. The van der Waals surface area contributed by atoms with Crippen molar-refractivity contribution in [3.63, 3.8) is 0 Å². The standard InChI is InChI=1S/C17H24N2O2S/c1-17(2,3)16(21)19-10-8-12(9-11-19)18-15(20)13-6-4-5-7-14(13)22/h4-7,12,22H,8-11H2,1-3H3,(H,18,20). The molecule has 0 unspecified atom stereocenters. The summed E-state index contributed by atoms with van der Waals surface area (Å²) in [6, 6.07) is 7.39. The molecule has 0 spiro atoms. The maximum atomic E-state index is 12.3. The lowest BCUT2D eigenvalue weighted by atomic mass is 9.93. The zero-order chi connectivity index (χ0) is 16.3. The molecule has 2 rings (SSSR count). The molecule has 0 atom stereocenters. The number of likely N-dealkylation sites (tertiary alicyclic amines) is 1. The van der Waals surface area contributed by atoms with Gasteiger partial charge >= 0.3 is 0 Å². The summed E-state index contributed by atoms with van der Waals surface area (Å²) < 4.78 is 0. The predicted molar refractivity (Wildman–Crippen MR) is 90.2 cm³/mol. The van der Waals surface area contributed by atoms with Gasteiger partial charge in [0.15, 0.2) is 0 Å². The number of carbonyl (C=O) groups excluding carboxylic acids is 2. The maximum absolute atomic E-state index is 12.3. The second-order valence-corrected chi connectivity index (χ2v) is 7.29. The van der Waals surface area contributed by atoms with Crippen LogP contribution in [0.5, 0.6) is 0 Å². The molecule has 1 N–H and O–H groups in total. The van der Waals surface area contributed by atoms with E-state index in [4.69, 9.17) is 0 Å². The number of amides is 2. The van der Waals surface area contributed by atoms with Crippen LogP contribution in [0, 0.1) is 5.41 Å². The van der Waals surface area contributed by atoms with Crippen LogP contribution < -0.4 is 5.32 Å². The van der Waals surface area contributed by atoms with Crippen LogP contribution in [0.15, 0.2) is 29.2 Å². The van der Waals surface area contributed by atoms with Crippen LogP contribution in [0.25, 0.3) is 0 Å². The third-order valence-electron chi connectivity index (χ3n) is 3.91. The maximum Gasteiger partial charge on any atom is 0.252 e. The molecular weight excluding hydrogens is 296 g/mol. The molecule has 0 bridgehead atoms. The highest BCUT2D eigenvalue weighted by atomic mass is 32.1. The van der Waals surface area contributed by atoms with Crippen LogP contribution in [-0.4, -0.2) is 35.8 Å². The second kappa shape index (κ2) is 6.73. The molecule has 0 saturated carbocycles. The fraction of sp³-hybridized carbons (Fsp3) is 0.529. The summed E-state index contributed by atoms with van der Waals surface area (Å²) in [7, 11) is 0. The van der Waals surface area contributed by atoms with Crippen LogP contribution >= 0.6 is 12.6 Å². The Hall–Kier alpha value is -1.49. The van der Waals surface area contributed by atoms with E-state index in [1.807, 2.05) is 43.9 Å². The number of nitrogens with one attached hydrogen (secondary N) is 1. The Morgan fingerprint density at radius 3 is 2.32 bits per heavy atom. The molecule has 120 valence electrons. The van der Waals surface area contributed by atoms with Gasteiger partial charge < -0.3 is 10.2 Å². The van der Waals surface area contributed by atoms with Gasteiger partial charge in [0.25, 0.3) is 5.91 Å². The molecule has 2 amide bonds. The minimum atomic E-state index is -0.346. The van der Waals surface area contributed by atoms with Crippen molar-refractivity contribution in [1.82, 2.24) is 10.2 Å². The lowest BCUT2D eigenvalue weighted by Gasteiger charge is -2.36. The summed E-state index contributed by atoms with van der Waals surface area (Å²) in [5.41, 5.74) is 0.250. The van der Waals surface area contributed by atoms with Crippen molar-refractivity contribution in [2.24, 2.45) is 5.41 Å². The smallest absolute Gasteiger partial charge is 0.252 e. The summed E-state index contributed by atoms with van der Waals surface area (Å²) in [4.78, 5) is 27.1. The van der Waals surface area contributed by atoms with Gasteiger partial charge in [-0.15, -0.1) is 12.6 Å². The molecule has 4 nitrogen and oxygen atoms in total. The Balaban J connectivity index is 1.89. The number of benzene rings is 1. The topological polar surface area (TPSA) is 49.4 Å². The Bertz CT molecular complexity index is 558. The number of piperidine rings is 1. The average molecular weight is 320 g/mol. The summed E-state index contributed by atoms with van der Waals surface area (Å²) in [6.45, 7) is 7.21. The quantitative estimate of drug-likeness (QED) is 0.823. The van der Waals surface area contributed by atoms with Gasteiger partial charge in [0.2, 0.25) is 5.91 Å². The third kappa shape index (κ3) is 4.03. The Morgan fingerprint density at radius 2 is 1.77 bits per heavy atom. The van der Waals surface area contributed by atoms with E-state index in [-0.39, 0.29) is 23.3 Å². The fourth-order valence-electron chi connectivity index (χ4n) is 2.63. The SMILES string of the molecule is CC(C)(C)C(=O)N1CCC(NC(=O)c2ccccc2S)CC1. The first-order chi connectivity index (χ1) is 10.3. The van der Waals surface area contributed by atoms with Crippen molar-refractivity contribution in [1.29, 1.82) is 0 Å². The minimum absolute atomic E-state index is 0.0915. The van der Waals surface area contributed by atoms with Gasteiger partial charge in [-0.2, -0.15) is 0 Å². The molecule has 22 heavy (non-hydrogen) atoms. The van der Waals surface area contributed by atoms with E-state index < -0.39 is 0 Å². The van der Waals surface area contributed by atoms with Crippen molar-refractivity contribution in [2.75, 3.05) is 13.1 Å². The lowest BCUT2D eigenvalue weighted by molar-refractivity contribution is -0.140. The van der Waals surface area contributed by atoms with Gasteiger partial charge in [-0.05, 0) is 25.0 Å². The van der Waals surface area contributed by atoms with Crippen LogP contribution in [0.3, 0.4) is 0 Å². The molecule has 1 saturated heterocycles. The fourth-order valence-corrected chi connectivity index (χ4v) is 2.89. The predicted octanol–water partition coefficient (Wildman–Crippen LogP) is 2.74. The zero-order valence-electron chi connectivity index (χ0n) is 13.4. The summed E-state index contributed by atoms with van der Waals surface area (Å²) in [5, 5.41) is 3.05. The number of thiol groups is 1. The molecule has 5 heteroatoms. The summed E-state index contributed by atoms with van der Waals surface area (Å²) >= 11 is 4.31. The minimum Gasteiger partial charge on any atom is -0.349 e.